The molecule has 2 N–H and O–H groups in total. The Morgan fingerprint density at radius 3 is 2.61 bits per heavy atom. The fourth-order valence-corrected chi connectivity index (χ4v) is 1.96. The van der Waals surface area contributed by atoms with Gasteiger partial charge >= 0.3 is 5.97 Å². The van der Waals surface area contributed by atoms with Gasteiger partial charge in [0.1, 0.15) is 0 Å². The number of methoxy groups -OCH3 is 1. The lowest BCUT2D eigenvalue weighted by Crippen LogP contribution is -2.20. The van der Waals surface area contributed by atoms with Gasteiger partial charge < -0.3 is 19.9 Å². The van der Waals surface area contributed by atoms with Crippen LogP contribution in [0.3, 0.4) is 0 Å². The van der Waals surface area contributed by atoms with E-state index >= 15 is 0 Å². The average molecular weight is 315 g/mol. The molecular formula is C17H17NO5. The van der Waals surface area contributed by atoms with Crippen molar-refractivity contribution in [2.24, 2.45) is 0 Å². The van der Waals surface area contributed by atoms with Crippen LogP contribution in [-0.4, -0.2) is 30.7 Å². The molecule has 0 aromatic heterocycles. The lowest BCUT2D eigenvalue weighted by atomic mass is 10.2. The quantitative estimate of drug-likeness (QED) is 0.856. The van der Waals surface area contributed by atoms with Gasteiger partial charge in [-0.3, -0.25) is 4.79 Å². The van der Waals surface area contributed by atoms with Gasteiger partial charge in [0.15, 0.2) is 18.1 Å². The van der Waals surface area contributed by atoms with Gasteiger partial charge in [-0.15, -0.1) is 0 Å². The van der Waals surface area contributed by atoms with Crippen molar-refractivity contribution in [1.82, 2.24) is 0 Å². The molecule has 0 radical (unpaired) electrons. The second kappa shape index (κ2) is 7.31. The Labute approximate surface area is 133 Å². The number of hydrogen-bond donors (Lipinski definition) is 2. The summed E-state index contributed by atoms with van der Waals surface area (Å²) in [6.07, 6.45) is 0. The third-order valence-electron chi connectivity index (χ3n) is 3.07. The summed E-state index contributed by atoms with van der Waals surface area (Å²) in [6.45, 7) is 1.71. The Morgan fingerprint density at radius 2 is 1.91 bits per heavy atom. The third-order valence-corrected chi connectivity index (χ3v) is 3.07. The van der Waals surface area contributed by atoms with E-state index in [2.05, 4.69) is 5.32 Å². The summed E-state index contributed by atoms with van der Waals surface area (Å²) in [5.41, 5.74) is 1.52. The largest absolute Gasteiger partial charge is 0.493 e. The van der Waals surface area contributed by atoms with Gasteiger partial charge in [0.2, 0.25) is 0 Å². The minimum Gasteiger partial charge on any atom is -0.493 e. The van der Waals surface area contributed by atoms with Crippen LogP contribution in [0.5, 0.6) is 11.5 Å². The standard InChI is InChI=1S/C17H17NO5/c1-11-6-7-14(15(8-11)22-2)23-10-16(19)18-13-5-3-4-12(9-13)17(20)21/h3-9H,10H2,1-2H3,(H,18,19)(H,20,21). The molecule has 0 unspecified atom stereocenters. The minimum absolute atomic E-state index is 0.101. The summed E-state index contributed by atoms with van der Waals surface area (Å²) in [4.78, 5) is 22.8. The summed E-state index contributed by atoms with van der Waals surface area (Å²) in [5.74, 6) is -0.435. The molecule has 0 heterocycles. The maximum atomic E-state index is 11.9. The van der Waals surface area contributed by atoms with Crippen molar-refractivity contribution < 1.29 is 24.2 Å². The molecule has 6 heteroatoms. The maximum Gasteiger partial charge on any atom is 0.335 e. The van der Waals surface area contributed by atoms with Gasteiger partial charge in [-0.2, -0.15) is 0 Å². The molecule has 0 aliphatic heterocycles. The number of aromatic carboxylic acids is 1. The number of hydrogen-bond acceptors (Lipinski definition) is 4. The van der Waals surface area contributed by atoms with Crippen molar-refractivity contribution in [3.63, 3.8) is 0 Å². The number of rotatable bonds is 6. The van der Waals surface area contributed by atoms with E-state index in [1.165, 1.54) is 19.2 Å². The zero-order valence-electron chi connectivity index (χ0n) is 12.8. The van der Waals surface area contributed by atoms with Crippen molar-refractivity contribution in [1.29, 1.82) is 0 Å². The zero-order valence-corrected chi connectivity index (χ0v) is 12.8. The molecule has 1 amide bonds. The highest BCUT2D eigenvalue weighted by molar-refractivity contribution is 5.94. The Bertz CT molecular complexity index is 727. The van der Waals surface area contributed by atoms with E-state index in [-0.39, 0.29) is 12.2 Å². The molecule has 6 nitrogen and oxygen atoms in total. The molecule has 0 bridgehead atoms. The summed E-state index contributed by atoms with van der Waals surface area (Å²) in [6, 6.07) is 11.4. The summed E-state index contributed by atoms with van der Waals surface area (Å²) < 4.78 is 10.6. The number of carbonyl (C=O) groups is 2. The zero-order chi connectivity index (χ0) is 16.8. The molecule has 0 saturated heterocycles. The van der Waals surface area contributed by atoms with Gasteiger partial charge in [0, 0.05) is 5.69 Å². The third kappa shape index (κ3) is 4.47. The van der Waals surface area contributed by atoms with E-state index in [4.69, 9.17) is 14.6 Å². The van der Waals surface area contributed by atoms with Crippen molar-refractivity contribution >= 4 is 17.6 Å². The van der Waals surface area contributed by atoms with Crippen molar-refractivity contribution in [3.05, 3.63) is 53.6 Å². The van der Waals surface area contributed by atoms with E-state index in [9.17, 15) is 9.59 Å². The molecule has 0 spiro atoms. The molecule has 2 aromatic rings. The second-order valence-corrected chi connectivity index (χ2v) is 4.88. The number of aryl methyl sites for hydroxylation is 1. The van der Waals surface area contributed by atoms with E-state index in [1.807, 2.05) is 19.1 Å². The number of carboxylic acid groups (broad SMARTS) is 1. The number of carboxylic acids is 1. The Morgan fingerprint density at radius 1 is 1.13 bits per heavy atom. The van der Waals surface area contributed by atoms with E-state index < -0.39 is 11.9 Å². The lowest BCUT2D eigenvalue weighted by Gasteiger charge is -2.11. The van der Waals surface area contributed by atoms with Gasteiger partial charge in [0.05, 0.1) is 12.7 Å². The fraction of sp³-hybridized carbons (Fsp3) is 0.176. The molecule has 0 atom stereocenters. The van der Waals surface area contributed by atoms with Crippen LogP contribution in [0.2, 0.25) is 0 Å². The van der Waals surface area contributed by atoms with Crippen molar-refractivity contribution in [3.8, 4) is 11.5 Å². The van der Waals surface area contributed by atoms with Crippen LogP contribution in [0, 0.1) is 6.92 Å². The molecule has 2 rings (SSSR count). The fourth-order valence-electron chi connectivity index (χ4n) is 1.96. The van der Waals surface area contributed by atoms with Crippen LogP contribution in [0.15, 0.2) is 42.5 Å². The van der Waals surface area contributed by atoms with Crippen molar-refractivity contribution in [2.45, 2.75) is 6.92 Å². The monoisotopic (exact) mass is 315 g/mol. The van der Waals surface area contributed by atoms with Crippen LogP contribution in [0.4, 0.5) is 5.69 Å². The van der Waals surface area contributed by atoms with Gasteiger partial charge in [-0.05, 0) is 42.8 Å². The number of anilines is 1. The molecule has 23 heavy (non-hydrogen) atoms. The highest BCUT2D eigenvalue weighted by atomic mass is 16.5. The van der Waals surface area contributed by atoms with Crippen LogP contribution < -0.4 is 14.8 Å². The minimum atomic E-state index is -1.05. The SMILES string of the molecule is COc1cc(C)ccc1OCC(=O)Nc1cccc(C(=O)O)c1. The average Bonchev–Trinajstić information content (AvgIpc) is 2.53. The molecular weight excluding hydrogens is 298 g/mol. The predicted octanol–water partition coefficient (Wildman–Crippen LogP) is 2.72. The summed E-state index contributed by atoms with van der Waals surface area (Å²) in [5, 5.41) is 11.5. The Kier molecular flexibility index (Phi) is 5.19. The van der Waals surface area contributed by atoms with Crippen LogP contribution in [0.1, 0.15) is 15.9 Å². The first-order valence-corrected chi connectivity index (χ1v) is 6.90. The molecule has 0 aliphatic rings. The first-order valence-electron chi connectivity index (χ1n) is 6.90. The number of nitrogens with one attached hydrogen (secondary N) is 1. The van der Waals surface area contributed by atoms with Crippen LogP contribution in [0.25, 0.3) is 0 Å². The molecule has 0 saturated carbocycles. The van der Waals surface area contributed by atoms with Crippen molar-refractivity contribution in [2.75, 3.05) is 19.0 Å². The molecule has 0 fully saturated rings. The first-order chi connectivity index (χ1) is 11.0. The predicted molar refractivity (Wildman–Crippen MR) is 85.3 cm³/mol. The number of carbonyl (C=O) groups excluding carboxylic acids is 1. The molecule has 120 valence electrons. The van der Waals surface area contributed by atoms with Crippen LogP contribution >= 0.6 is 0 Å². The highest BCUT2D eigenvalue weighted by Crippen LogP contribution is 2.27. The van der Waals surface area contributed by atoms with Crippen LogP contribution in [-0.2, 0) is 4.79 Å². The summed E-state index contributed by atoms with van der Waals surface area (Å²) in [7, 11) is 1.53. The summed E-state index contributed by atoms with van der Waals surface area (Å²) >= 11 is 0. The number of amides is 1. The number of ether oxygens (including phenoxy) is 2. The Balaban J connectivity index is 1.98. The van der Waals surface area contributed by atoms with E-state index in [0.29, 0.717) is 17.2 Å². The lowest BCUT2D eigenvalue weighted by molar-refractivity contribution is -0.118. The molecule has 2 aromatic carbocycles. The maximum absolute atomic E-state index is 11.9. The van der Waals surface area contributed by atoms with Gasteiger partial charge in [-0.25, -0.2) is 4.79 Å². The van der Waals surface area contributed by atoms with Gasteiger partial charge in [0.25, 0.3) is 5.91 Å². The van der Waals surface area contributed by atoms with E-state index in [1.54, 1.807) is 18.2 Å². The normalized spacial score (nSPS) is 10.0. The second-order valence-electron chi connectivity index (χ2n) is 4.88. The van der Waals surface area contributed by atoms with Gasteiger partial charge in [-0.1, -0.05) is 12.1 Å². The first kappa shape index (κ1) is 16.4. The van der Waals surface area contributed by atoms with E-state index in [0.717, 1.165) is 5.56 Å². The smallest absolute Gasteiger partial charge is 0.335 e. The topological polar surface area (TPSA) is 84.9 Å². The molecule has 0 aliphatic carbocycles. The number of benzene rings is 2. The Hall–Kier alpha value is -3.02. The highest BCUT2D eigenvalue weighted by Gasteiger charge is 2.09.